The van der Waals surface area contributed by atoms with Gasteiger partial charge in [0.15, 0.2) is 5.96 Å². The number of benzene rings is 1. The Labute approximate surface area is 118 Å². The zero-order chi connectivity index (χ0) is 13.8. The fourth-order valence-corrected chi connectivity index (χ4v) is 1.75. The zero-order valence-corrected chi connectivity index (χ0v) is 11.4. The van der Waals surface area contributed by atoms with E-state index in [9.17, 15) is 0 Å². The number of aliphatic imine (C=N–C) groups is 2. The predicted octanol–water partition coefficient (Wildman–Crippen LogP) is 0.854. The fourth-order valence-electron chi connectivity index (χ4n) is 1.47. The molecule has 0 unspecified atom stereocenters. The van der Waals surface area contributed by atoms with E-state index in [4.69, 9.17) is 17.2 Å². The molecule has 0 radical (unpaired) electrons. The van der Waals surface area contributed by atoms with Gasteiger partial charge in [-0.3, -0.25) is 0 Å². The van der Waals surface area contributed by atoms with Gasteiger partial charge >= 0.3 is 0 Å². The van der Waals surface area contributed by atoms with Crippen molar-refractivity contribution in [2.45, 2.75) is 0 Å². The van der Waals surface area contributed by atoms with E-state index >= 15 is 0 Å². The topological polar surface area (TPSA) is 121 Å². The van der Waals surface area contributed by atoms with Crippen LogP contribution in [0.25, 0.3) is 5.69 Å². The molecule has 0 aliphatic heterocycles. The molecule has 0 aliphatic carbocycles. The first kappa shape index (κ1) is 13.1. The van der Waals surface area contributed by atoms with Gasteiger partial charge < -0.3 is 17.2 Å². The summed E-state index contributed by atoms with van der Waals surface area (Å²) in [5.74, 6) is -0.153. The van der Waals surface area contributed by atoms with Crippen LogP contribution in [0, 0.1) is 0 Å². The molecule has 0 atom stereocenters. The van der Waals surface area contributed by atoms with E-state index in [0.717, 1.165) is 10.2 Å². The van der Waals surface area contributed by atoms with Gasteiger partial charge in [-0.15, -0.1) is 0 Å². The third-order valence-electron chi connectivity index (χ3n) is 2.16. The molecular weight excluding hydrogens is 310 g/mol. The fraction of sp³-hybridized carbons (Fsp3) is 0. The Hall–Kier alpha value is -2.35. The van der Waals surface area contributed by atoms with Crippen molar-refractivity contribution >= 4 is 33.5 Å². The van der Waals surface area contributed by atoms with Gasteiger partial charge in [0, 0.05) is 6.20 Å². The van der Waals surface area contributed by atoms with Crippen molar-refractivity contribution in [2.75, 3.05) is 0 Å². The lowest BCUT2D eigenvalue weighted by molar-refractivity contribution is 0.880. The Morgan fingerprint density at radius 1 is 1.21 bits per heavy atom. The van der Waals surface area contributed by atoms with Gasteiger partial charge in [-0.05, 0) is 28.1 Å². The summed E-state index contributed by atoms with van der Waals surface area (Å²) < 4.78 is 2.54. The number of nitrogens with zero attached hydrogens (tertiary/aromatic N) is 4. The zero-order valence-electron chi connectivity index (χ0n) is 9.86. The minimum Gasteiger partial charge on any atom is -0.370 e. The first-order chi connectivity index (χ1) is 9.06. The number of para-hydroxylation sites is 2. The molecular formula is C11H12BrN7. The van der Waals surface area contributed by atoms with Gasteiger partial charge in [-0.25, -0.2) is 9.67 Å². The third kappa shape index (κ3) is 3.32. The normalized spacial score (nSPS) is 11.3. The number of rotatable bonds is 2. The van der Waals surface area contributed by atoms with Crippen molar-refractivity contribution in [3.05, 3.63) is 41.1 Å². The molecule has 98 valence electrons. The molecule has 1 aromatic carbocycles. The van der Waals surface area contributed by atoms with Crippen molar-refractivity contribution in [1.29, 1.82) is 0 Å². The molecule has 6 N–H and O–H groups in total. The monoisotopic (exact) mass is 321 g/mol. The number of aromatic nitrogens is 2. The third-order valence-corrected chi connectivity index (χ3v) is 2.57. The second kappa shape index (κ2) is 5.53. The van der Waals surface area contributed by atoms with E-state index in [1.807, 2.05) is 24.4 Å². The molecule has 2 aromatic rings. The van der Waals surface area contributed by atoms with Crippen LogP contribution >= 0.6 is 15.9 Å². The standard InChI is InChI=1S/C11H12BrN7/c12-7-5-16-19(6-7)9-4-2-1-3-8(9)17-11(15)18-10(13)14/h1-6H,(H6,13,14,15,17,18). The summed E-state index contributed by atoms with van der Waals surface area (Å²) in [4.78, 5) is 7.83. The molecule has 8 heteroatoms. The molecule has 19 heavy (non-hydrogen) atoms. The van der Waals surface area contributed by atoms with Crippen molar-refractivity contribution in [2.24, 2.45) is 27.2 Å². The molecule has 0 spiro atoms. The van der Waals surface area contributed by atoms with E-state index in [0.29, 0.717) is 5.69 Å². The lowest BCUT2D eigenvalue weighted by Crippen LogP contribution is -2.26. The highest BCUT2D eigenvalue weighted by Gasteiger charge is 2.05. The Morgan fingerprint density at radius 3 is 2.58 bits per heavy atom. The van der Waals surface area contributed by atoms with Crippen LogP contribution in [-0.4, -0.2) is 21.7 Å². The number of hydrogen-bond acceptors (Lipinski definition) is 2. The van der Waals surface area contributed by atoms with E-state index < -0.39 is 0 Å². The Bertz CT molecular complexity index is 640. The average molecular weight is 322 g/mol. The van der Waals surface area contributed by atoms with E-state index in [2.05, 4.69) is 31.0 Å². The van der Waals surface area contributed by atoms with E-state index in [-0.39, 0.29) is 11.9 Å². The van der Waals surface area contributed by atoms with Gasteiger partial charge in [0.1, 0.15) is 0 Å². The summed E-state index contributed by atoms with van der Waals surface area (Å²) in [6.45, 7) is 0. The SMILES string of the molecule is NC(N)=NC(N)=Nc1ccccc1-n1cc(Br)cn1. The van der Waals surface area contributed by atoms with Gasteiger partial charge in [-0.2, -0.15) is 10.1 Å². The minimum atomic E-state index is -0.138. The van der Waals surface area contributed by atoms with Crippen LogP contribution < -0.4 is 17.2 Å². The van der Waals surface area contributed by atoms with Crippen molar-refractivity contribution in [3.8, 4) is 5.69 Å². The van der Waals surface area contributed by atoms with Gasteiger partial charge in [0.05, 0.1) is 22.0 Å². The Balaban J connectivity index is 2.45. The molecule has 2 rings (SSSR count). The minimum absolute atomic E-state index is 0.0151. The van der Waals surface area contributed by atoms with Crippen LogP contribution in [0.3, 0.4) is 0 Å². The second-order valence-electron chi connectivity index (χ2n) is 3.60. The molecule has 0 saturated heterocycles. The second-order valence-corrected chi connectivity index (χ2v) is 4.51. The van der Waals surface area contributed by atoms with Crippen LogP contribution in [0.4, 0.5) is 5.69 Å². The Kier molecular flexibility index (Phi) is 3.81. The first-order valence-corrected chi connectivity index (χ1v) is 6.09. The quantitative estimate of drug-likeness (QED) is 0.561. The molecule has 0 aliphatic rings. The van der Waals surface area contributed by atoms with Crippen LogP contribution in [0.5, 0.6) is 0 Å². The highest BCUT2D eigenvalue weighted by atomic mass is 79.9. The lowest BCUT2D eigenvalue weighted by atomic mass is 10.3. The smallest absolute Gasteiger partial charge is 0.223 e. The molecule has 1 aromatic heterocycles. The number of nitrogens with two attached hydrogens (primary N) is 3. The van der Waals surface area contributed by atoms with Crippen molar-refractivity contribution in [1.82, 2.24) is 9.78 Å². The largest absolute Gasteiger partial charge is 0.370 e. The maximum Gasteiger partial charge on any atom is 0.223 e. The van der Waals surface area contributed by atoms with Crippen LogP contribution in [-0.2, 0) is 0 Å². The summed E-state index contributed by atoms with van der Waals surface area (Å²) in [5, 5.41) is 4.19. The molecule has 7 nitrogen and oxygen atoms in total. The average Bonchev–Trinajstić information content (AvgIpc) is 2.75. The Morgan fingerprint density at radius 2 is 1.95 bits per heavy atom. The molecule has 0 bridgehead atoms. The number of guanidine groups is 2. The molecule has 0 amide bonds. The van der Waals surface area contributed by atoms with Gasteiger partial charge in [0.25, 0.3) is 0 Å². The summed E-state index contributed by atoms with van der Waals surface area (Å²) in [5.41, 5.74) is 17.5. The number of halogens is 1. The molecule has 0 fully saturated rings. The number of hydrogen-bond donors (Lipinski definition) is 3. The maximum absolute atomic E-state index is 5.62. The predicted molar refractivity (Wildman–Crippen MR) is 78.4 cm³/mol. The molecule has 1 heterocycles. The van der Waals surface area contributed by atoms with Gasteiger partial charge in [-0.1, -0.05) is 12.1 Å². The summed E-state index contributed by atoms with van der Waals surface area (Å²) >= 11 is 3.34. The van der Waals surface area contributed by atoms with Crippen molar-refractivity contribution in [3.63, 3.8) is 0 Å². The van der Waals surface area contributed by atoms with Crippen LogP contribution in [0.2, 0.25) is 0 Å². The molecule has 0 saturated carbocycles. The lowest BCUT2D eigenvalue weighted by Gasteiger charge is -2.05. The van der Waals surface area contributed by atoms with E-state index in [1.54, 1.807) is 16.9 Å². The summed E-state index contributed by atoms with van der Waals surface area (Å²) in [7, 11) is 0. The maximum atomic E-state index is 5.62. The van der Waals surface area contributed by atoms with E-state index in [1.165, 1.54) is 0 Å². The first-order valence-electron chi connectivity index (χ1n) is 5.29. The van der Waals surface area contributed by atoms with Crippen molar-refractivity contribution < 1.29 is 0 Å². The summed E-state index contributed by atoms with van der Waals surface area (Å²) in [6, 6.07) is 7.37. The highest BCUT2D eigenvalue weighted by molar-refractivity contribution is 9.10. The summed E-state index contributed by atoms with van der Waals surface area (Å²) in [6.07, 6.45) is 3.49. The highest BCUT2D eigenvalue weighted by Crippen LogP contribution is 2.23. The van der Waals surface area contributed by atoms with Gasteiger partial charge in [0.2, 0.25) is 5.96 Å². The van der Waals surface area contributed by atoms with Crippen LogP contribution in [0.1, 0.15) is 0 Å². The van der Waals surface area contributed by atoms with Crippen LogP contribution in [0.15, 0.2) is 51.1 Å².